The minimum absolute atomic E-state index is 0.126. The van der Waals surface area contributed by atoms with E-state index in [1.807, 2.05) is 6.07 Å². The number of hydrogen-bond acceptors (Lipinski definition) is 4. The topological polar surface area (TPSA) is 76.3 Å². The maximum Gasteiger partial charge on any atom is 0.245 e. The molecule has 0 bridgehead atoms. The number of nitrogens with zero attached hydrogens (tertiary/aromatic N) is 2. The molecule has 0 radical (unpaired) electrons. The molecular weight excluding hydrogens is 262 g/mol. The third-order valence-electron chi connectivity index (χ3n) is 2.74. The molecule has 1 aromatic heterocycles. The molecule has 0 amide bonds. The highest BCUT2D eigenvalue weighted by Gasteiger charge is 2.22. The minimum atomic E-state index is -3.59. The van der Waals surface area contributed by atoms with E-state index >= 15 is 0 Å². The van der Waals surface area contributed by atoms with Crippen molar-refractivity contribution in [3.63, 3.8) is 0 Å². The summed E-state index contributed by atoms with van der Waals surface area (Å²) in [5.41, 5.74) is 6.79. The average Bonchev–Trinajstić information content (AvgIpc) is 2.40. The van der Waals surface area contributed by atoms with Crippen LogP contribution in [0, 0.1) is 0 Å². The first kappa shape index (κ1) is 13.5. The van der Waals surface area contributed by atoms with Gasteiger partial charge < -0.3 is 5.73 Å². The summed E-state index contributed by atoms with van der Waals surface area (Å²) in [6.07, 6.45) is 3.29. The Morgan fingerprint density at radius 2 is 1.95 bits per heavy atom. The van der Waals surface area contributed by atoms with Crippen molar-refractivity contribution in [2.24, 2.45) is 0 Å². The first-order valence-corrected chi connectivity index (χ1v) is 7.15. The largest absolute Gasteiger partial charge is 0.398 e. The van der Waals surface area contributed by atoms with E-state index in [2.05, 4.69) is 4.98 Å². The summed E-state index contributed by atoms with van der Waals surface area (Å²) in [4.78, 5) is 4.09. The van der Waals surface area contributed by atoms with Crippen molar-refractivity contribution in [3.8, 4) is 0 Å². The zero-order valence-corrected chi connectivity index (χ0v) is 11.3. The first-order valence-electron chi connectivity index (χ1n) is 5.71. The third kappa shape index (κ3) is 2.91. The molecule has 1 aromatic carbocycles. The van der Waals surface area contributed by atoms with Crippen molar-refractivity contribution in [1.29, 1.82) is 0 Å². The number of hydrogen-bond donors (Lipinski definition) is 1. The van der Waals surface area contributed by atoms with E-state index in [1.165, 1.54) is 17.4 Å². The minimum Gasteiger partial charge on any atom is -0.398 e. The lowest BCUT2D eigenvalue weighted by Gasteiger charge is -2.18. The van der Waals surface area contributed by atoms with E-state index in [0.29, 0.717) is 0 Å². The van der Waals surface area contributed by atoms with E-state index in [9.17, 15) is 8.42 Å². The summed E-state index contributed by atoms with van der Waals surface area (Å²) in [5.74, 6) is 0. The van der Waals surface area contributed by atoms with Crippen LogP contribution in [0.15, 0.2) is 53.7 Å². The molecule has 100 valence electrons. The summed E-state index contributed by atoms with van der Waals surface area (Å²) in [6, 6.07) is 10.0. The number of rotatable bonds is 4. The summed E-state index contributed by atoms with van der Waals surface area (Å²) < 4.78 is 26.0. The SMILES string of the molecule is CN(Cc1cccnc1)S(=O)(=O)c1ccccc1N. The fourth-order valence-corrected chi connectivity index (χ4v) is 2.99. The molecule has 5 nitrogen and oxygen atoms in total. The summed E-state index contributed by atoms with van der Waals surface area (Å²) in [6.45, 7) is 0.254. The second-order valence-electron chi connectivity index (χ2n) is 4.16. The van der Waals surface area contributed by atoms with Crippen LogP contribution in [-0.2, 0) is 16.6 Å². The van der Waals surface area contributed by atoms with Crippen LogP contribution >= 0.6 is 0 Å². The zero-order chi connectivity index (χ0) is 13.9. The van der Waals surface area contributed by atoms with Gasteiger partial charge in [0.15, 0.2) is 0 Å². The van der Waals surface area contributed by atoms with Crippen LogP contribution < -0.4 is 5.73 Å². The van der Waals surface area contributed by atoms with Gasteiger partial charge in [-0.2, -0.15) is 4.31 Å². The molecule has 0 saturated heterocycles. The summed E-state index contributed by atoms with van der Waals surface area (Å²) in [7, 11) is -2.06. The highest BCUT2D eigenvalue weighted by atomic mass is 32.2. The number of para-hydroxylation sites is 1. The first-order chi connectivity index (χ1) is 9.01. The van der Waals surface area contributed by atoms with Crippen molar-refractivity contribution < 1.29 is 8.42 Å². The predicted molar refractivity (Wildman–Crippen MR) is 73.7 cm³/mol. The molecule has 6 heteroatoms. The van der Waals surface area contributed by atoms with Gasteiger partial charge in [-0.15, -0.1) is 0 Å². The lowest BCUT2D eigenvalue weighted by Crippen LogP contribution is -2.27. The standard InChI is InChI=1S/C13H15N3O2S/c1-16(10-11-5-4-8-15-9-11)19(17,18)13-7-3-2-6-12(13)14/h2-9H,10,14H2,1H3. The van der Waals surface area contributed by atoms with E-state index in [4.69, 9.17) is 5.73 Å². The van der Waals surface area contributed by atoms with Crippen LogP contribution in [0.4, 0.5) is 5.69 Å². The highest BCUT2D eigenvalue weighted by molar-refractivity contribution is 7.89. The van der Waals surface area contributed by atoms with Crippen LogP contribution in [-0.4, -0.2) is 24.8 Å². The third-order valence-corrected chi connectivity index (χ3v) is 4.61. The van der Waals surface area contributed by atoms with Crippen molar-refractivity contribution in [2.75, 3.05) is 12.8 Å². The number of anilines is 1. The van der Waals surface area contributed by atoms with E-state index in [1.54, 1.807) is 36.7 Å². The molecule has 19 heavy (non-hydrogen) atoms. The fourth-order valence-electron chi connectivity index (χ4n) is 1.72. The van der Waals surface area contributed by atoms with Crippen LogP contribution in [0.2, 0.25) is 0 Å². The molecule has 0 atom stereocenters. The van der Waals surface area contributed by atoms with Gasteiger partial charge >= 0.3 is 0 Å². The van der Waals surface area contributed by atoms with Gasteiger partial charge in [0.25, 0.3) is 0 Å². The summed E-state index contributed by atoms with van der Waals surface area (Å²) in [5, 5.41) is 0. The van der Waals surface area contributed by atoms with Crippen molar-refractivity contribution in [1.82, 2.24) is 9.29 Å². The van der Waals surface area contributed by atoms with E-state index in [-0.39, 0.29) is 17.1 Å². The lowest BCUT2D eigenvalue weighted by atomic mass is 10.3. The van der Waals surface area contributed by atoms with Gasteiger partial charge in [-0.05, 0) is 23.8 Å². The monoisotopic (exact) mass is 277 g/mol. The molecule has 0 aliphatic heterocycles. The number of nitrogen functional groups attached to an aromatic ring is 1. The smallest absolute Gasteiger partial charge is 0.245 e. The highest BCUT2D eigenvalue weighted by Crippen LogP contribution is 2.21. The van der Waals surface area contributed by atoms with Crippen molar-refractivity contribution in [2.45, 2.75) is 11.4 Å². The molecule has 0 aliphatic carbocycles. The van der Waals surface area contributed by atoms with E-state index in [0.717, 1.165) is 5.56 Å². The normalized spacial score (nSPS) is 11.7. The molecule has 2 aromatic rings. The Kier molecular flexibility index (Phi) is 3.82. The number of pyridine rings is 1. The molecule has 0 unspecified atom stereocenters. The van der Waals surface area contributed by atoms with Gasteiger partial charge in [0, 0.05) is 26.0 Å². The van der Waals surface area contributed by atoms with Gasteiger partial charge in [-0.3, -0.25) is 4.98 Å². The van der Waals surface area contributed by atoms with Crippen molar-refractivity contribution in [3.05, 3.63) is 54.4 Å². The van der Waals surface area contributed by atoms with Gasteiger partial charge in [0.05, 0.1) is 5.69 Å². The molecule has 2 N–H and O–H groups in total. The van der Waals surface area contributed by atoms with E-state index < -0.39 is 10.0 Å². The van der Waals surface area contributed by atoms with Crippen LogP contribution in [0.3, 0.4) is 0 Å². The Balaban J connectivity index is 2.28. The number of aromatic nitrogens is 1. The van der Waals surface area contributed by atoms with Gasteiger partial charge in [0.2, 0.25) is 10.0 Å². The molecule has 0 fully saturated rings. The lowest BCUT2D eigenvalue weighted by molar-refractivity contribution is 0.466. The quantitative estimate of drug-likeness (QED) is 0.859. The van der Waals surface area contributed by atoms with Crippen LogP contribution in [0.1, 0.15) is 5.56 Å². The Bertz CT molecular complexity index is 657. The predicted octanol–water partition coefficient (Wildman–Crippen LogP) is 1.48. The van der Waals surface area contributed by atoms with Crippen LogP contribution in [0.5, 0.6) is 0 Å². The fraction of sp³-hybridized carbons (Fsp3) is 0.154. The molecule has 0 saturated carbocycles. The number of nitrogens with two attached hydrogens (primary N) is 1. The number of sulfonamides is 1. The zero-order valence-electron chi connectivity index (χ0n) is 10.5. The second kappa shape index (κ2) is 5.38. The Morgan fingerprint density at radius 3 is 2.58 bits per heavy atom. The van der Waals surface area contributed by atoms with Gasteiger partial charge in [0.1, 0.15) is 4.90 Å². The van der Waals surface area contributed by atoms with Crippen molar-refractivity contribution >= 4 is 15.7 Å². The summed E-state index contributed by atoms with van der Waals surface area (Å²) >= 11 is 0. The Hall–Kier alpha value is -1.92. The molecule has 0 aliphatic rings. The second-order valence-corrected chi connectivity index (χ2v) is 6.17. The van der Waals surface area contributed by atoms with Crippen LogP contribution in [0.25, 0.3) is 0 Å². The maximum absolute atomic E-state index is 12.4. The maximum atomic E-state index is 12.4. The Morgan fingerprint density at radius 1 is 1.21 bits per heavy atom. The average molecular weight is 277 g/mol. The molecule has 0 spiro atoms. The van der Waals surface area contributed by atoms with Gasteiger partial charge in [-0.1, -0.05) is 18.2 Å². The number of benzene rings is 1. The molecular formula is C13H15N3O2S. The molecule has 1 heterocycles. The molecule has 2 rings (SSSR count). The Labute approximate surface area is 112 Å². The van der Waals surface area contributed by atoms with Gasteiger partial charge in [-0.25, -0.2) is 8.42 Å².